The first-order valence-electron chi connectivity index (χ1n) is 7.55. The van der Waals surface area contributed by atoms with Crippen LogP contribution < -0.4 is 0 Å². The molecule has 4 heteroatoms. The van der Waals surface area contributed by atoms with Gasteiger partial charge in [-0.15, -0.1) is 0 Å². The molecule has 0 radical (unpaired) electrons. The third-order valence-corrected chi connectivity index (χ3v) is 4.14. The molecule has 0 saturated heterocycles. The first kappa shape index (κ1) is 14.6. The maximum absolute atomic E-state index is 12.3. The lowest BCUT2D eigenvalue weighted by atomic mass is 9.79. The van der Waals surface area contributed by atoms with Gasteiger partial charge >= 0.3 is 0 Å². The fraction of sp³-hybridized carbons (Fsp3) is 0.333. The summed E-state index contributed by atoms with van der Waals surface area (Å²) in [5, 5.41) is 10.9. The van der Waals surface area contributed by atoms with Crippen molar-refractivity contribution in [1.29, 1.82) is 0 Å². The molecule has 22 heavy (non-hydrogen) atoms. The van der Waals surface area contributed by atoms with E-state index in [9.17, 15) is 14.7 Å². The van der Waals surface area contributed by atoms with Crippen LogP contribution in [0.2, 0.25) is 0 Å². The maximum Gasteiger partial charge on any atom is 0.170 e. The lowest BCUT2D eigenvalue weighted by Gasteiger charge is -2.23. The number of hydrogen-bond acceptors (Lipinski definition) is 4. The molecule has 0 unspecified atom stereocenters. The molecule has 0 spiro atoms. The van der Waals surface area contributed by atoms with Gasteiger partial charge in [0.1, 0.15) is 11.3 Å². The molecule has 0 bridgehead atoms. The molecule has 1 heterocycles. The molecular formula is C18H18O4. The SMILES string of the molecule is CCCC(O)=C1C(=O)CC(c2ccc3occc3c2)CC1=O. The highest BCUT2D eigenvalue weighted by Gasteiger charge is 2.33. The van der Waals surface area contributed by atoms with E-state index in [-0.39, 0.29) is 41.7 Å². The zero-order chi connectivity index (χ0) is 15.7. The average Bonchev–Trinajstić information content (AvgIpc) is 2.94. The van der Waals surface area contributed by atoms with Crippen molar-refractivity contribution in [3.63, 3.8) is 0 Å². The second-order valence-electron chi connectivity index (χ2n) is 5.74. The van der Waals surface area contributed by atoms with E-state index >= 15 is 0 Å². The maximum atomic E-state index is 12.3. The second kappa shape index (κ2) is 5.79. The van der Waals surface area contributed by atoms with Crippen LogP contribution in [0.25, 0.3) is 11.0 Å². The van der Waals surface area contributed by atoms with Crippen LogP contribution >= 0.6 is 0 Å². The van der Waals surface area contributed by atoms with Gasteiger partial charge in [0.25, 0.3) is 0 Å². The van der Waals surface area contributed by atoms with Crippen LogP contribution in [0.4, 0.5) is 0 Å². The molecule has 1 aliphatic carbocycles. The number of aliphatic hydroxyl groups excluding tert-OH is 1. The molecule has 1 aromatic heterocycles. The van der Waals surface area contributed by atoms with E-state index in [1.807, 2.05) is 31.2 Å². The first-order chi connectivity index (χ1) is 10.6. The highest BCUT2D eigenvalue weighted by Crippen LogP contribution is 2.34. The van der Waals surface area contributed by atoms with E-state index in [2.05, 4.69) is 0 Å². The molecule has 1 saturated carbocycles. The number of furan rings is 1. The molecule has 1 N–H and O–H groups in total. The Kier molecular flexibility index (Phi) is 3.84. The number of carbonyl (C=O) groups is 2. The van der Waals surface area contributed by atoms with Crippen molar-refractivity contribution in [2.24, 2.45) is 0 Å². The Morgan fingerprint density at radius 3 is 2.64 bits per heavy atom. The summed E-state index contributed by atoms with van der Waals surface area (Å²) in [6.07, 6.45) is 3.22. The number of Topliss-reactive ketones (excluding diaryl/α,β-unsaturated/α-hetero) is 2. The molecule has 0 atom stereocenters. The van der Waals surface area contributed by atoms with Gasteiger partial charge in [-0.25, -0.2) is 0 Å². The Morgan fingerprint density at radius 2 is 1.95 bits per heavy atom. The Bertz CT molecular complexity index is 746. The van der Waals surface area contributed by atoms with Gasteiger partial charge in [0, 0.05) is 24.6 Å². The molecular weight excluding hydrogens is 280 g/mol. The number of carbonyl (C=O) groups excluding carboxylic acids is 2. The van der Waals surface area contributed by atoms with Crippen LogP contribution in [-0.2, 0) is 9.59 Å². The summed E-state index contributed by atoms with van der Waals surface area (Å²) in [6.45, 7) is 1.90. The van der Waals surface area contributed by atoms with Crippen LogP contribution in [0.3, 0.4) is 0 Å². The molecule has 3 rings (SSSR count). The van der Waals surface area contributed by atoms with Gasteiger partial charge in [-0.1, -0.05) is 13.0 Å². The lowest BCUT2D eigenvalue weighted by molar-refractivity contribution is -0.124. The van der Waals surface area contributed by atoms with E-state index in [0.29, 0.717) is 12.8 Å². The minimum atomic E-state index is -0.250. The van der Waals surface area contributed by atoms with Gasteiger partial charge in [-0.05, 0) is 36.1 Å². The topological polar surface area (TPSA) is 67.5 Å². The Labute approximate surface area is 128 Å². The molecule has 1 fully saturated rings. The number of hydrogen-bond donors (Lipinski definition) is 1. The highest BCUT2D eigenvalue weighted by atomic mass is 16.3. The summed E-state index contributed by atoms with van der Waals surface area (Å²) >= 11 is 0. The molecule has 2 aromatic rings. The van der Waals surface area contributed by atoms with Crippen molar-refractivity contribution in [3.8, 4) is 0 Å². The predicted octanol–water partition coefficient (Wildman–Crippen LogP) is 4.06. The fourth-order valence-electron chi connectivity index (χ4n) is 3.04. The van der Waals surface area contributed by atoms with Gasteiger partial charge in [-0.3, -0.25) is 9.59 Å². The summed E-state index contributed by atoms with van der Waals surface area (Å²) in [7, 11) is 0. The number of allylic oxidation sites excluding steroid dienone is 2. The predicted molar refractivity (Wildman–Crippen MR) is 82.8 cm³/mol. The highest BCUT2D eigenvalue weighted by molar-refractivity contribution is 6.22. The van der Waals surface area contributed by atoms with Crippen molar-refractivity contribution in [3.05, 3.63) is 47.4 Å². The number of benzene rings is 1. The number of ketones is 2. The lowest BCUT2D eigenvalue weighted by Crippen LogP contribution is -2.26. The number of rotatable bonds is 3. The molecule has 0 aliphatic heterocycles. The summed E-state index contributed by atoms with van der Waals surface area (Å²) in [6, 6.07) is 7.59. The monoisotopic (exact) mass is 298 g/mol. The van der Waals surface area contributed by atoms with Crippen molar-refractivity contribution >= 4 is 22.5 Å². The smallest absolute Gasteiger partial charge is 0.170 e. The zero-order valence-electron chi connectivity index (χ0n) is 12.5. The Balaban J connectivity index is 1.88. The van der Waals surface area contributed by atoms with E-state index in [0.717, 1.165) is 16.5 Å². The van der Waals surface area contributed by atoms with Gasteiger partial charge in [0.15, 0.2) is 11.6 Å². The molecule has 4 nitrogen and oxygen atoms in total. The number of aliphatic hydroxyl groups is 1. The standard InChI is InChI=1S/C18H18O4/c1-2-3-14(19)18-15(20)9-13(10-16(18)21)11-4-5-17-12(8-11)6-7-22-17/h4-8,13,19H,2-3,9-10H2,1H3. The van der Waals surface area contributed by atoms with Crippen LogP contribution in [0.5, 0.6) is 0 Å². The summed E-state index contributed by atoms with van der Waals surface area (Å²) in [5.41, 5.74) is 1.77. The van der Waals surface area contributed by atoms with Crippen molar-refractivity contribution in [2.75, 3.05) is 0 Å². The second-order valence-corrected chi connectivity index (χ2v) is 5.74. The van der Waals surface area contributed by atoms with Crippen molar-refractivity contribution < 1.29 is 19.1 Å². The average molecular weight is 298 g/mol. The minimum Gasteiger partial charge on any atom is -0.511 e. The van der Waals surface area contributed by atoms with E-state index in [1.54, 1.807) is 6.26 Å². The fourth-order valence-corrected chi connectivity index (χ4v) is 3.04. The van der Waals surface area contributed by atoms with E-state index in [4.69, 9.17) is 4.42 Å². The van der Waals surface area contributed by atoms with Crippen LogP contribution in [-0.4, -0.2) is 16.7 Å². The minimum absolute atomic E-state index is 0.0162. The largest absolute Gasteiger partial charge is 0.511 e. The quantitative estimate of drug-likeness (QED) is 0.527. The van der Waals surface area contributed by atoms with Gasteiger partial charge in [0.05, 0.1) is 11.8 Å². The van der Waals surface area contributed by atoms with Crippen LogP contribution in [0, 0.1) is 0 Å². The van der Waals surface area contributed by atoms with E-state index in [1.165, 1.54) is 0 Å². The number of fused-ring (bicyclic) bond motifs is 1. The Morgan fingerprint density at radius 1 is 1.23 bits per heavy atom. The Hall–Kier alpha value is -2.36. The van der Waals surface area contributed by atoms with Crippen molar-refractivity contribution in [2.45, 2.75) is 38.5 Å². The zero-order valence-corrected chi connectivity index (χ0v) is 12.5. The van der Waals surface area contributed by atoms with Gasteiger partial charge in [0.2, 0.25) is 0 Å². The van der Waals surface area contributed by atoms with E-state index < -0.39 is 0 Å². The molecule has 1 aliphatic rings. The summed E-state index contributed by atoms with van der Waals surface area (Å²) in [4.78, 5) is 24.5. The van der Waals surface area contributed by atoms with Gasteiger partial charge in [-0.2, -0.15) is 0 Å². The molecule has 1 aromatic carbocycles. The van der Waals surface area contributed by atoms with Crippen molar-refractivity contribution in [1.82, 2.24) is 0 Å². The normalized spacial score (nSPS) is 19.0. The third kappa shape index (κ3) is 2.56. The van der Waals surface area contributed by atoms with Gasteiger partial charge < -0.3 is 9.52 Å². The molecule has 114 valence electrons. The summed E-state index contributed by atoms with van der Waals surface area (Å²) < 4.78 is 5.30. The third-order valence-electron chi connectivity index (χ3n) is 4.14. The summed E-state index contributed by atoms with van der Waals surface area (Å²) in [5.74, 6) is -0.683. The van der Waals surface area contributed by atoms with Crippen LogP contribution in [0.1, 0.15) is 44.1 Å². The first-order valence-corrected chi connectivity index (χ1v) is 7.55. The van der Waals surface area contributed by atoms with Crippen LogP contribution in [0.15, 0.2) is 46.3 Å². The molecule has 0 amide bonds.